The molecular weight excluding hydrogens is 258 g/mol. The maximum absolute atomic E-state index is 3.25. The zero-order chi connectivity index (χ0) is 15.3. The predicted molar refractivity (Wildman–Crippen MR) is 89.7 cm³/mol. The molecule has 3 nitrogen and oxygen atoms in total. The molecule has 0 amide bonds. The zero-order valence-corrected chi connectivity index (χ0v) is 13.7. The van der Waals surface area contributed by atoms with E-state index in [0.29, 0.717) is 0 Å². The number of hydrogen-bond donors (Lipinski definition) is 0. The van der Waals surface area contributed by atoms with Gasteiger partial charge in [0.05, 0.1) is 39.3 Å². The first-order chi connectivity index (χ1) is 10.3. The van der Waals surface area contributed by atoms with Gasteiger partial charge >= 0.3 is 0 Å². The van der Waals surface area contributed by atoms with Crippen molar-refractivity contribution >= 4 is 0 Å². The van der Waals surface area contributed by atoms with E-state index in [1.165, 1.54) is 0 Å². The Kier molecular flexibility index (Phi) is 9.43. The first-order valence-corrected chi connectivity index (χ1v) is 7.84. The van der Waals surface area contributed by atoms with Crippen LogP contribution in [0.4, 0.5) is 0 Å². The Morgan fingerprint density at radius 1 is 0.476 bits per heavy atom. The molecule has 3 heteroatoms. The molecule has 1 aliphatic rings. The van der Waals surface area contributed by atoms with Gasteiger partial charge in [-0.2, -0.15) is 0 Å². The maximum Gasteiger partial charge on any atom is 0.0610 e. The van der Waals surface area contributed by atoms with Crippen molar-refractivity contribution in [2.24, 2.45) is 0 Å². The summed E-state index contributed by atoms with van der Waals surface area (Å²) in [6, 6.07) is 0. The summed E-state index contributed by atoms with van der Waals surface area (Å²) in [7, 11) is 0. The lowest BCUT2D eigenvalue weighted by molar-refractivity contribution is 0.359. The second kappa shape index (κ2) is 11.2. The second-order valence-electron chi connectivity index (χ2n) is 4.97. The Balaban J connectivity index is 2.72. The van der Waals surface area contributed by atoms with Crippen LogP contribution in [-0.2, 0) is 0 Å². The Morgan fingerprint density at radius 3 is 0.810 bits per heavy atom. The standard InChI is InChI=1S/C18H27N3/c1-4-19-13-7-9-15-20(5-2)17-11-12-18-21(6-3)16-10-8-14-19/h4-6,13-18H2,1-3H3. The highest BCUT2D eigenvalue weighted by Crippen LogP contribution is 1.89. The topological polar surface area (TPSA) is 9.72 Å². The third-order valence-electron chi connectivity index (χ3n) is 3.53. The van der Waals surface area contributed by atoms with E-state index < -0.39 is 0 Å². The molecule has 1 aliphatic heterocycles. The summed E-state index contributed by atoms with van der Waals surface area (Å²) in [5, 5.41) is 0. The van der Waals surface area contributed by atoms with Gasteiger partial charge in [0.15, 0.2) is 0 Å². The molecule has 21 heavy (non-hydrogen) atoms. The largest absolute Gasteiger partial charge is 0.281 e. The summed E-state index contributed by atoms with van der Waals surface area (Å²) < 4.78 is 0. The highest BCUT2D eigenvalue weighted by molar-refractivity contribution is 5.10. The van der Waals surface area contributed by atoms with Gasteiger partial charge in [-0.3, -0.25) is 14.7 Å². The van der Waals surface area contributed by atoms with Crippen LogP contribution in [0.15, 0.2) is 0 Å². The molecule has 0 unspecified atom stereocenters. The van der Waals surface area contributed by atoms with E-state index >= 15 is 0 Å². The molecule has 0 aliphatic carbocycles. The minimum Gasteiger partial charge on any atom is -0.281 e. The molecule has 0 bridgehead atoms. The first kappa shape index (κ1) is 17.6. The predicted octanol–water partition coefficient (Wildman–Crippen LogP) is 0.976. The van der Waals surface area contributed by atoms with E-state index in [9.17, 15) is 0 Å². The molecule has 0 saturated heterocycles. The molecule has 0 spiro atoms. The van der Waals surface area contributed by atoms with E-state index in [-0.39, 0.29) is 0 Å². The van der Waals surface area contributed by atoms with E-state index in [4.69, 9.17) is 0 Å². The Hall–Kier alpha value is -1.44. The van der Waals surface area contributed by atoms with Crippen molar-refractivity contribution < 1.29 is 0 Å². The van der Waals surface area contributed by atoms with E-state index in [1.807, 2.05) is 0 Å². The third kappa shape index (κ3) is 7.79. The van der Waals surface area contributed by atoms with Crippen LogP contribution in [0, 0.1) is 35.5 Å². The molecule has 0 N–H and O–H groups in total. The minimum absolute atomic E-state index is 0.798. The molecule has 0 radical (unpaired) electrons. The highest BCUT2D eigenvalue weighted by atomic mass is 15.1. The average Bonchev–Trinajstić information content (AvgIpc) is 2.52. The average molecular weight is 285 g/mol. The van der Waals surface area contributed by atoms with Crippen molar-refractivity contribution in [3.63, 3.8) is 0 Å². The van der Waals surface area contributed by atoms with Crippen LogP contribution >= 0.6 is 0 Å². The van der Waals surface area contributed by atoms with Crippen molar-refractivity contribution in [2.75, 3.05) is 58.9 Å². The van der Waals surface area contributed by atoms with Crippen LogP contribution in [0.5, 0.6) is 0 Å². The number of rotatable bonds is 3. The summed E-state index contributed by atoms with van der Waals surface area (Å²) in [4.78, 5) is 6.80. The SMILES string of the molecule is CCN1CC#CCN(CC)CC#CCN(CC)CC#CC1. The molecule has 1 rings (SSSR count). The third-order valence-corrected chi connectivity index (χ3v) is 3.53. The highest BCUT2D eigenvalue weighted by Gasteiger charge is 2.00. The Labute approximate surface area is 130 Å². The summed E-state index contributed by atoms with van der Waals surface area (Å²) >= 11 is 0. The smallest absolute Gasteiger partial charge is 0.0610 e. The van der Waals surface area contributed by atoms with Gasteiger partial charge in [-0.25, -0.2) is 0 Å². The fraction of sp³-hybridized carbons (Fsp3) is 0.667. The molecule has 1 heterocycles. The molecule has 0 aromatic rings. The van der Waals surface area contributed by atoms with Gasteiger partial charge < -0.3 is 0 Å². The lowest BCUT2D eigenvalue weighted by Gasteiger charge is -2.14. The normalized spacial score (nSPS) is 19.0. The van der Waals surface area contributed by atoms with Crippen LogP contribution in [0.3, 0.4) is 0 Å². The van der Waals surface area contributed by atoms with Gasteiger partial charge in [0, 0.05) is 0 Å². The van der Waals surface area contributed by atoms with Crippen molar-refractivity contribution in [1.82, 2.24) is 14.7 Å². The first-order valence-electron chi connectivity index (χ1n) is 7.84. The van der Waals surface area contributed by atoms with Crippen LogP contribution in [-0.4, -0.2) is 73.6 Å². The van der Waals surface area contributed by atoms with Crippen LogP contribution in [0.2, 0.25) is 0 Å². The van der Waals surface area contributed by atoms with Gasteiger partial charge in [0.25, 0.3) is 0 Å². The molecular formula is C18H27N3. The van der Waals surface area contributed by atoms with Crippen molar-refractivity contribution in [3.05, 3.63) is 0 Å². The van der Waals surface area contributed by atoms with Gasteiger partial charge in [-0.05, 0) is 19.6 Å². The quantitative estimate of drug-likeness (QED) is 0.716. The fourth-order valence-corrected chi connectivity index (χ4v) is 1.84. The summed E-state index contributed by atoms with van der Waals surface area (Å²) in [6.07, 6.45) is 0. The monoisotopic (exact) mass is 285 g/mol. The van der Waals surface area contributed by atoms with E-state index in [2.05, 4.69) is 71.0 Å². The van der Waals surface area contributed by atoms with Gasteiger partial charge in [0.1, 0.15) is 0 Å². The lowest BCUT2D eigenvalue weighted by Crippen LogP contribution is -2.25. The van der Waals surface area contributed by atoms with E-state index in [1.54, 1.807) is 0 Å². The molecule has 0 aromatic heterocycles. The summed E-state index contributed by atoms with van der Waals surface area (Å²) in [5.74, 6) is 19.5. The molecule has 0 fully saturated rings. The van der Waals surface area contributed by atoms with Crippen LogP contribution in [0.1, 0.15) is 20.8 Å². The molecule has 114 valence electrons. The van der Waals surface area contributed by atoms with Crippen LogP contribution in [0.25, 0.3) is 0 Å². The van der Waals surface area contributed by atoms with Gasteiger partial charge in [-0.15, -0.1) is 0 Å². The minimum atomic E-state index is 0.798. The van der Waals surface area contributed by atoms with Crippen molar-refractivity contribution in [1.29, 1.82) is 0 Å². The zero-order valence-electron chi connectivity index (χ0n) is 13.7. The second-order valence-corrected chi connectivity index (χ2v) is 4.97. The van der Waals surface area contributed by atoms with Crippen LogP contribution < -0.4 is 0 Å². The molecule has 0 saturated carbocycles. The van der Waals surface area contributed by atoms with Crippen molar-refractivity contribution in [3.8, 4) is 35.5 Å². The lowest BCUT2D eigenvalue weighted by atomic mass is 10.4. The number of hydrogen-bond acceptors (Lipinski definition) is 3. The summed E-state index contributed by atoms with van der Waals surface area (Å²) in [6.45, 7) is 14.2. The van der Waals surface area contributed by atoms with Gasteiger partial charge in [0.2, 0.25) is 0 Å². The summed E-state index contributed by atoms with van der Waals surface area (Å²) in [5.41, 5.74) is 0. The Bertz CT molecular complexity index is 363. The van der Waals surface area contributed by atoms with Crippen molar-refractivity contribution in [2.45, 2.75) is 20.8 Å². The fourth-order valence-electron chi connectivity index (χ4n) is 1.84. The molecule has 0 atom stereocenters. The Morgan fingerprint density at radius 2 is 0.667 bits per heavy atom. The number of nitrogens with zero attached hydrogens (tertiary/aromatic N) is 3. The molecule has 0 aromatic carbocycles. The van der Waals surface area contributed by atoms with E-state index in [0.717, 1.165) is 58.9 Å². The van der Waals surface area contributed by atoms with Gasteiger partial charge in [-0.1, -0.05) is 56.3 Å². The maximum atomic E-state index is 3.25.